The Bertz CT molecular complexity index is 793. The predicted molar refractivity (Wildman–Crippen MR) is 70.6 cm³/mol. The second-order valence-corrected chi connectivity index (χ2v) is 4.85. The highest BCUT2D eigenvalue weighted by Crippen LogP contribution is 2.36. The molecule has 1 amide bonds. The number of amides is 1. The highest BCUT2D eigenvalue weighted by molar-refractivity contribution is 5.92. The number of benzene rings is 1. The average Bonchev–Trinajstić information content (AvgIpc) is 2.44. The molecule has 0 atom stereocenters. The number of likely N-dealkylation sites (tertiary alicyclic amines) is 1. The smallest absolute Gasteiger partial charge is 0.330 e. The molecule has 108 valence electrons. The number of H-pyrrole nitrogens is 2. The van der Waals surface area contributed by atoms with E-state index < -0.39 is 28.5 Å². The van der Waals surface area contributed by atoms with Crippen molar-refractivity contribution in [1.82, 2.24) is 20.1 Å². The Balaban J connectivity index is 1.78. The summed E-state index contributed by atoms with van der Waals surface area (Å²) in [5, 5.41) is 5.38. The molecule has 0 unspecified atom stereocenters. The summed E-state index contributed by atoms with van der Waals surface area (Å²) >= 11 is 0. The number of alkyl halides is 1. The summed E-state index contributed by atoms with van der Waals surface area (Å²) in [6, 6.07) is 8.50. The van der Waals surface area contributed by atoms with E-state index in [0.29, 0.717) is 5.56 Å². The monoisotopic (exact) mass is 290 g/mol. The number of halogens is 1. The lowest BCUT2D eigenvalue weighted by molar-refractivity contribution is -0.0236. The van der Waals surface area contributed by atoms with E-state index in [4.69, 9.17) is 0 Å². The summed E-state index contributed by atoms with van der Waals surface area (Å²) in [6.45, 7) is -0.313. The maximum Gasteiger partial charge on any atom is 0.342 e. The number of aromatic nitrogens is 3. The van der Waals surface area contributed by atoms with Crippen LogP contribution in [0.1, 0.15) is 16.1 Å². The Morgan fingerprint density at radius 2 is 1.90 bits per heavy atom. The molecule has 1 saturated heterocycles. The third-order valence-electron chi connectivity index (χ3n) is 3.38. The Hall–Kier alpha value is -2.77. The Labute approximate surface area is 117 Å². The molecule has 0 radical (unpaired) electrons. The van der Waals surface area contributed by atoms with Crippen molar-refractivity contribution < 1.29 is 9.18 Å². The molecule has 2 N–H and O–H groups in total. The van der Waals surface area contributed by atoms with Gasteiger partial charge in [-0.05, 0) is 5.56 Å². The van der Waals surface area contributed by atoms with E-state index in [0.717, 1.165) is 0 Å². The minimum Gasteiger partial charge on any atom is -0.330 e. The summed E-state index contributed by atoms with van der Waals surface area (Å²) in [5.41, 5.74) is -3.28. The van der Waals surface area contributed by atoms with E-state index in [2.05, 4.69) is 5.10 Å². The van der Waals surface area contributed by atoms with Gasteiger partial charge in [0, 0.05) is 0 Å². The first-order valence-corrected chi connectivity index (χ1v) is 6.22. The van der Waals surface area contributed by atoms with Gasteiger partial charge >= 0.3 is 5.69 Å². The Kier molecular flexibility index (Phi) is 2.93. The largest absolute Gasteiger partial charge is 0.342 e. The van der Waals surface area contributed by atoms with E-state index in [1.807, 2.05) is 10.1 Å². The van der Waals surface area contributed by atoms with Crippen molar-refractivity contribution in [3.8, 4) is 0 Å². The first-order valence-electron chi connectivity index (χ1n) is 6.22. The SMILES string of the molecule is O=C(c1n[nH]c(=O)[nH]c1=O)N1CC(F)(c2ccccc2)C1. The van der Waals surface area contributed by atoms with Crippen LogP contribution in [0.2, 0.25) is 0 Å². The Morgan fingerprint density at radius 3 is 2.52 bits per heavy atom. The van der Waals surface area contributed by atoms with Crippen molar-refractivity contribution in [3.05, 3.63) is 62.4 Å². The van der Waals surface area contributed by atoms with Gasteiger partial charge in [-0.2, -0.15) is 5.10 Å². The third kappa shape index (κ3) is 2.24. The second-order valence-electron chi connectivity index (χ2n) is 4.85. The third-order valence-corrected chi connectivity index (χ3v) is 3.38. The minimum atomic E-state index is -1.62. The number of nitrogens with zero attached hydrogens (tertiary/aromatic N) is 2. The van der Waals surface area contributed by atoms with Crippen LogP contribution >= 0.6 is 0 Å². The highest BCUT2D eigenvalue weighted by Gasteiger charge is 2.47. The molecule has 0 aliphatic carbocycles. The zero-order chi connectivity index (χ0) is 15.0. The normalized spacial score (nSPS) is 16.3. The first kappa shape index (κ1) is 13.2. The van der Waals surface area contributed by atoms with Crippen LogP contribution in [0.3, 0.4) is 0 Å². The minimum absolute atomic E-state index is 0.157. The van der Waals surface area contributed by atoms with Gasteiger partial charge in [-0.15, -0.1) is 0 Å². The number of carbonyl (C=O) groups is 1. The van der Waals surface area contributed by atoms with Crippen LogP contribution in [-0.2, 0) is 5.67 Å². The maximum absolute atomic E-state index is 14.6. The molecule has 0 saturated carbocycles. The number of carbonyl (C=O) groups excluding carboxylic acids is 1. The number of aromatic amines is 2. The van der Waals surface area contributed by atoms with Crippen molar-refractivity contribution in [2.45, 2.75) is 5.67 Å². The molecular formula is C13H11FN4O3. The van der Waals surface area contributed by atoms with Gasteiger partial charge in [0.2, 0.25) is 5.69 Å². The van der Waals surface area contributed by atoms with Crippen LogP contribution < -0.4 is 11.2 Å². The van der Waals surface area contributed by atoms with Crippen molar-refractivity contribution >= 4 is 5.91 Å². The molecule has 1 aliphatic rings. The topological polar surface area (TPSA) is 98.9 Å². The van der Waals surface area contributed by atoms with Crippen molar-refractivity contribution in [1.29, 1.82) is 0 Å². The molecule has 0 spiro atoms. The zero-order valence-corrected chi connectivity index (χ0v) is 10.8. The van der Waals surface area contributed by atoms with Crippen LogP contribution in [0.15, 0.2) is 39.9 Å². The number of hydrogen-bond acceptors (Lipinski definition) is 4. The first-order chi connectivity index (χ1) is 9.99. The van der Waals surface area contributed by atoms with E-state index in [1.165, 1.54) is 4.90 Å². The van der Waals surface area contributed by atoms with Crippen LogP contribution in [-0.4, -0.2) is 39.1 Å². The lowest BCUT2D eigenvalue weighted by atomic mass is 9.88. The van der Waals surface area contributed by atoms with Gasteiger partial charge in [0.25, 0.3) is 11.5 Å². The summed E-state index contributed by atoms with van der Waals surface area (Å²) in [7, 11) is 0. The molecule has 1 fully saturated rings. The van der Waals surface area contributed by atoms with Gasteiger partial charge in [-0.25, -0.2) is 14.3 Å². The molecule has 0 bridgehead atoms. The maximum atomic E-state index is 14.6. The molecule has 3 rings (SSSR count). The molecule has 1 aromatic heterocycles. The van der Waals surface area contributed by atoms with Gasteiger partial charge in [-0.1, -0.05) is 30.3 Å². The number of nitrogens with one attached hydrogen (secondary N) is 2. The van der Waals surface area contributed by atoms with Crippen LogP contribution in [0, 0.1) is 0 Å². The quantitative estimate of drug-likeness (QED) is 0.798. The summed E-state index contributed by atoms with van der Waals surface area (Å²) < 4.78 is 14.6. The zero-order valence-electron chi connectivity index (χ0n) is 10.8. The van der Waals surface area contributed by atoms with Crippen LogP contribution in [0.4, 0.5) is 4.39 Å². The molecule has 1 aliphatic heterocycles. The second kappa shape index (κ2) is 4.65. The van der Waals surface area contributed by atoms with E-state index in [9.17, 15) is 18.8 Å². The van der Waals surface area contributed by atoms with Gasteiger partial charge in [0.15, 0.2) is 5.67 Å². The van der Waals surface area contributed by atoms with Crippen molar-refractivity contribution in [3.63, 3.8) is 0 Å². The van der Waals surface area contributed by atoms with E-state index >= 15 is 0 Å². The summed E-state index contributed by atoms with van der Waals surface area (Å²) in [5.74, 6) is -0.711. The van der Waals surface area contributed by atoms with E-state index in [1.54, 1.807) is 30.3 Å². The van der Waals surface area contributed by atoms with Crippen molar-refractivity contribution in [2.24, 2.45) is 0 Å². The number of rotatable bonds is 2. The molecule has 21 heavy (non-hydrogen) atoms. The van der Waals surface area contributed by atoms with Crippen LogP contribution in [0.5, 0.6) is 0 Å². The standard InChI is InChI=1S/C13H11FN4O3/c14-13(8-4-2-1-3-5-8)6-18(7-13)11(20)9-10(19)15-12(21)17-16-9/h1-5H,6-7H2,(H2,15,17,19,21). The lowest BCUT2D eigenvalue weighted by Crippen LogP contribution is -2.59. The summed E-state index contributed by atoms with van der Waals surface area (Å²) in [6.07, 6.45) is 0. The van der Waals surface area contributed by atoms with Crippen LogP contribution in [0.25, 0.3) is 0 Å². The molecule has 7 nitrogen and oxygen atoms in total. The highest BCUT2D eigenvalue weighted by atomic mass is 19.1. The van der Waals surface area contributed by atoms with Gasteiger partial charge in [-0.3, -0.25) is 14.6 Å². The van der Waals surface area contributed by atoms with Gasteiger partial charge < -0.3 is 4.90 Å². The van der Waals surface area contributed by atoms with Crippen molar-refractivity contribution in [2.75, 3.05) is 13.1 Å². The number of hydrogen-bond donors (Lipinski definition) is 2. The Morgan fingerprint density at radius 1 is 1.24 bits per heavy atom. The molecule has 8 heteroatoms. The fourth-order valence-electron chi connectivity index (χ4n) is 2.26. The van der Waals surface area contributed by atoms with Gasteiger partial charge in [0.1, 0.15) is 0 Å². The molecule has 2 aromatic rings. The molecule has 2 heterocycles. The molecule has 1 aromatic carbocycles. The fraction of sp³-hybridized carbons (Fsp3) is 0.231. The van der Waals surface area contributed by atoms with E-state index in [-0.39, 0.29) is 13.1 Å². The van der Waals surface area contributed by atoms with Gasteiger partial charge in [0.05, 0.1) is 13.1 Å². The average molecular weight is 290 g/mol. The predicted octanol–water partition coefficient (Wildman–Crippen LogP) is -0.221. The lowest BCUT2D eigenvalue weighted by Gasteiger charge is -2.44. The summed E-state index contributed by atoms with van der Waals surface area (Å²) in [4.78, 5) is 37.4. The molecular weight excluding hydrogens is 279 g/mol. The fourth-order valence-corrected chi connectivity index (χ4v) is 2.26.